The summed E-state index contributed by atoms with van der Waals surface area (Å²) < 4.78 is 11.3. The van der Waals surface area contributed by atoms with Gasteiger partial charge < -0.3 is 19.4 Å². The first-order chi connectivity index (χ1) is 15.5. The lowest BCUT2D eigenvalue weighted by atomic mass is 9.87. The Bertz CT molecular complexity index is 1110. The summed E-state index contributed by atoms with van der Waals surface area (Å²) in [6.07, 6.45) is 1.63. The predicted molar refractivity (Wildman–Crippen MR) is 122 cm³/mol. The molecule has 0 fully saturated rings. The van der Waals surface area contributed by atoms with Crippen LogP contribution in [0.15, 0.2) is 65.3 Å². The van der Waals surface area contributed by atoms with Crippen LogP contribution in [0.2, 0.25) is 0 Å². The van der Waals surface area contributed by atoms with Gasteiger partial charge in [-0.3, -0.25) is 9.59 Å². The Hall–Kier alpha value is -3.54. The maximum Gasteiger partial charge on any atom is 0.290 e. The lowest BCUT2D eigenvalue weighted by Crippen LogP contribution is -2.40. The fraction of sp³-hybridized carbons (Fsp3) is 0.308. The number of rotatable bonds is 6. The summed E-state index contributed by atoms with van der Waals surface area (Å²) in [5.74, 6) is 0.625. The second kappa shape index (κ2) is 9.30. The number of amides is 2. The summed E-state index contributed by atoms with van der Waals surface area (Å²) in [6.45, 7) is 6.78. The zero-order valence-corrected chi connectivity index (χ0v) is 18.6. The van der Waals surface area contributed by atoms with Gasteiger partial charge in [-0.15, -0.1) is 0 Å². The Morgan fingerprint density at radius 2 is 2.03 bits per heavy atom. The van der Waals surface area contributed by atoms with E-state index in [2.05, 4.69) is 11.4 Å². The van der Waals surface area contributed by atoms with E-state index >= 15 is 0 Å². The number of hydrogen-bond donors (Lipinski definition) is 1. The van der Waals surface area contributed by atoms with Crippen molar-refractivity contribution in [3.8, 4) is 5.75 Å². The van der Waals surface area contributed by atoms with Gasteiger partial charge in [0, 0.05) is 13.1 Å². The molecule has 32 heavy (non-hydrogen) atoms. The van der Waals surface area contributed by atoms with Gasteiger partial charge in [0.15, 0.2) is 11.9 Å². The van der Waals surface area contributed by atoms with Crippen LogP contribution in [0.1, 0.15) is 52.7 Å². The first-order valence-corrected chi connectivity index (χ1v) is 11.0. The van der Waals surface area contributed by atoms with E-state index in [1.807, 2.05) is 55.1 Å². The number of aryl methyl sites for hydroxylation is 1. The number of hydrogen-bond acceptors (Lipinski definition) is 4. The molecule has 0 unspecified atom stereocenters. The molecule has 2 amide bonds. The molecular weight excluding hydrogens is 404 g/mol. The van der Waals surface area contributed by atoms with Gasteiger partial charge in [0.2, 0.25) is 0 Å². The molecule has 1 aromatic heterocycles. The summed E-state index contributed by atoms with van der Waals surface area (Å²) in [6, 6.07) is 17.2. The van der Waals surface area contributed by atoms with Crippen LogP contribution in [-0.2, 0) is 11.2 Å². The summed E-state index contributed by atoms with van der Waals surface area (Å²) in [5, 5.41) is 2.78. The topological polar surface area (TPSA) is 71.8 Å². The molecule has 2 atom stereocenters. The van der Waals surface area contributed by atoms with Gasteiger partial charge in [0.1, 0.15) is 5.75 Å². The number of benzene rings is 2. The number of nitrogens with zero attached hydrogens (tertiary/aromatic N) is 1. The van der Waals surface area contributed by atoms with E-state index < -0.39 is 6.10 Å². The van der Waals surface area contributed by atoms with Gasteiger partial charge >= 0.3 is 0 Å². The fourth-order valence-electron chi connectivity index (χ4n) is 4.20. The van der Waals surface area contributed by atoms with Crippen molar-refractivity contribution in [3.05, 3.63) is 88.9 Å². The van der Waals surface area contributed by atoms with Gasteiger partial charge in [0.25, 0.3) is 11.8 Å². The van der Waals surface area contributed by atoms with Crippen molar-refractivity contribution in [2.24, 2.45) is 0 Å². The number of fused-ring (bicyclic) bond motifs is 1. The van der Waals surface area contributed by atoms with Crippen molar-refractivity contribution in [2.45, 2.75) is 39.3 Å². The van der Waals surface area contributed by atoms with Gasteiger partial charge in [-0.25, -0.2) is 0 Å². The highest BCUT2D eigenvalue weighted by Gasteiger charge is 2.34. The van der Waals surface area contributed by atoms with Crippen LogP contribution in [0.3, 0.4) is 0 Å². The molecule has 2 aromatic carbocycles. The molecule has 166 valence electrons. The van der Waals surface area contributed by atoms with E-state index in [1.165, 1.54) is 6.26 Å². The van der Waals surface area contributed by atoms with Crippen molar-refractivity contribution in [2.75, 3.05) is 13.1 Å². The molecule has 0 bridgehead atoms. The van der Waals surface area contributed by atoms with Gasteiger partial charge in [-0.1, -0.05) is 35.9 Å². The number of ether oxygens (including phenoxy) is 1. The first kappa shape index (κ1) is 21.7. The minimum Gasteiger partial charge on any atom is -0.481 e. The summed E-state index contributed by atoms with van der Waals surface area (Å²) >= 11 is 0. The lowest BCUT2D eigenvalue weighted by molar-refractivity contribution is -0.127. The minimum atomic E-state index is -0.616. The molecule has 0 aliphatic carbocycles. The molecule has 6 heteroatoms. The van der Waals surface area contributed by atoms with Crippen molar-refractivity contribution in [1.29, 1.82) is 0 Å². The highest BCUT2D eigenvalue weighted by molar-refractivity contribution is 5.92. The Kier molecular flexibility index (Phi) is 6.30. The van der Waals surface area contributed by atoms with E-state index in [9.17, 15) is 9.59 Å². The monoisotopic (exact) mass is 432 g/mol. The number of carbonyl (C=O) groups excluding carboxylic acids is 2. The largest absolute Gasteiger partial charge is 0.481 e. The Balaban J connectivity index is 1.73. The van der Waals surface area contributed by atoms with Crippen LogP contribution in [-0.4, -0.2) is 35.9 Å². The van der Waals surface area contributed by atoms with Crippen molar-refractivity contribution in [1.82, 2.24) is 10.2 Å². The number of likely N-dealkylation sites (N-methyl/N-ethyl adjacent to an activating group) is 1. The van der Waals surface area contributed by atoms with Crippen molar-refractivity contribution < 1.29 is 18.7 Å². The predicted octanol–water partition coefficient (Wildman–Crippen LogP) is 4.28. The van der Waals surface area contributed by atoms with E-state index in [1.54, 1.807) is 19.1 Å². The van der Waals surface area contributed by atoms with Crippen LogP contribution in [0, 0.1) is 6.92 Å². The summed E-state index contributed by atoms with van der Waals surface area (Å²) in [5.41, 5.74) is 4.32. The Labute approximate surface area is 188 Å². The Morgan fingerprint density at radius 3 is 2.75 bits per heavy atom. The van der Waals surface area contributed by atoms with E-state index in [-0.39, 0.29) is 17.9 Å². The third kappa shape index (κ3) is 4.40. The quantitative estimate of drug-likeness (QED) is 0.631. The average Bonchev–Trinajstić information content (AvgIpc) is 3.33. The molecule has 3 aromatic rings. The maximum absolute atomic E-state index is 13.3. The normalized spacial score (nSPS) is 16.2. The molecule has 0 saturated heterocycles. The SMILES string of the molecule is CCNC(=O)[C@@H](C)Oc1ccc2c(c1)[C@@H](c1cccc(C)c1)N(C(=O)c1ccco1)CC2. The highest BCUT2D eigenvalue weighted by Crippen LogP contribution is 2.38. The first-order valence-electron chi connectivity index (χ1n) is 11.0. The average molecular weight is 433 g/mol. The van der Waals surface area contributed by atoms with Gasteiger partial charge in [0.05, 0.1) is 12.3 Å². The van der Waals surface area contributed by atoms with Crippen LogP contribution in [0.25, 0.3) is 0 Å². The third-order valence-electron chi connectivity index (χ3n) is 5.73. The molecule has 4 rings (SSSR count). The van der Waals surface area contributed by atoms with E-state index in [4.69, 9.17) is 9.15 Å². The van der Waals surface area contributed by atoms with Crippen LogP contribution < -0.4 is 10.1 Å². The Morgan fingerprint density at radius 1 is 1.19 bits per heavy atom. The molecule has 6 nitrogen and oxygen atoms in total. The summed E-state index contributed by atoms with van der Waals surface area (Å²) in [7, 11) is 0. The third-order valence-corrected chi connectivity index (χ3v) is 5.73. The summed E-state index contributed by atoms with van der Waals surface area (Å²) in [4.78, 5) is 27.3. The molecule has 0 saturated carbocycles. The molecule has 1 N–H and O–H groups in total. The van der Waals surface area contributed by atoms with Crippen LogP contribution in [0.4, 0.5) is 0 Å². The number of furan rings is 1. The smallest absolute Gasteiger partial charge is 0.290 e. The van der Waals surface area contributed by atoms with Gasteiger partial charge in [-0.2, -0.15) is 0 Å². The standard InChI is InChI=1S/C26H28N2O4/c1-4-27-25(29)18(3)32-21-11-10-19-12-13-28(26(30)23-9-6-14-31-23)24(22(19)16-21)20-8-5-7-17(2)15-20/h5-11,14-16,18,24H,4,12-13H2,1-3H3,(H,27,29)/t18-,24-/m1/s1. The highest BCUT2D eigenvalue weighted by atomic mass is 16.5. The molecular formula is C26H28N2O4. The second-order valence-electron chi connectivity index (χ2n) is 8.06. The fourth-order valence-corrected chi connectivity index (χ4v) is 4.20. The van der Waals surface area contributed by atoms with E-state index in [0.717, 1.165) is 28.7 Å². The molecule has 1 aliphatic heterocycles. The maximum atomic E-state index is 13.3. The lowest BCUT2D eigenvalue weighted by Gasteiger charge is -2.37. The van der Waals surface area contributed by atoms with Crippen LogP contribution >= 0.6 is 0 Å². The van der Waals surface area contributed by atoms with Crippen molar-refractivity contribution >= 4 is 11.8 Å². The number of nitrogens with one attached hydrogen (secondary N) is 1. The van der Waals surface area contributed by atoms with Gasteiger partial charge in [-0.05, 0) is 68.1 Å². The second-order valence-corrected chi connectivity index (χ2v) is 8.06. The molecule has 0 spiro atoms. The number of carbonyl (C=O) groups is 2. The minimum absolute atomic E-state index is 0.144. The zero-order valence-electron chi connectivity index (χ0n) is 18.6. The van der Waals surface area contributed by atoms with E-state index in [0.29, 0.717) is 24.6 Å². The molecule has 2 heterocycles. The molecule has 1 aliphatic rings. The van der Waals surface area contributed by atoms with Crippen LogP contribution in [0.5, 0.6) is 5.75 Å². The molecule has 0 radical (unpaired) electrons. The van der Waals surface area contributed by atoms with Crippen molar-refractivity contribution in [3.63, 3.8) is 0 Å². The zero-order chi connectivity index (χ0) is 22.7.